The SMILES string of the molecule is CCN1CCc2c(sc(-n3cccc3)c2CNC(=O)Nc2sc3c(c2C(=O)NCCCOC)CCCC3)C1. The van der Waals surface area contributed by atoms with Crippen molar-refractivity contribution in [2.45, 2.75) is 58.5 Å². The van der Waals surface area contributed by atoms with Crippen molar-refractivity contribution in [1.82, 2.24) is 20.1 Å². The van der Waals surface area contributed by atoms with E-state index in [1.807, 2.05) is 23.5 Å². The van der Waals surface area contributed by atoms with Crippen LogP contribution in [-0.4, -0.2) is 54.8 Å². The first kappa shape index (κ1) is 26.9. The molecule has 0 saturated heterocycles. The number of rotatable bonds is 10. The van der Waals surface area contributed by atoms with E-state index in [9.17, 15) is 9.59 Å². The number of thiophene rings is 2. The fraction of sp³-hybridized carbons (Fsp3) is 0.500. The predicted molar refractivity (Wildman–Crippen MR) is 154 cm³/mol. The fourth-order valence-corrected chi connectivity index (χ4v) is 8.01. The smallest absolute Gasteiger partial charge is 0.320 e. The molecule has 1 aliphatic carbocycles. The summed E-state index contributed by atoms with van der Waals surface area (Å²) in [5, 5.41) is 11.0. The van der Waals surface area contributed by atoms with E-state index in [0.29, 0.717) is 30.3 Å². The zero-order valence-corrected chi connectivity index (χ0v) is 23.9. The summed E-state index contributed by atoms with van der Waals surface area (Å²) >= 11 is 3.37. The maximum Gasteiger partial charge on any atom is 0.320 e. The van der Waals surface area contributed by atoms with Crippen LogP contribution < -0.4 is 16.0 Å². The Labute approximate surface area is 232 Å². The van der Waals surface area contributed by atoms with Gasteiger partial charge in [0.25, 0.3) is 5.91 Å². The van der Waals surface area contributed by atoms with Crippen molar-refractivity contribution in [2.75, 3.05) is 38.7 Å². The lowest BCUT2D eigenvalue weighted by Crippen LogP contribution is -2.32. The minimum atomic E-state index is -0.276. The highest BCUT2D eigenvalue weighted by molar-refractivity contribution is 7.17. The van der Waals surface area contributed by atoms with Gasteiger partial charge in [0.2, 0.25) is 0 Å². The van der Waals surface area contributed by atoms with E-state index in [1.54, 1.807) is 18.4 Å². The third-order valence-corrected chi connectivity index (χ3v) is 9.85. The topological polar surface area (TPSA) is 87.6 Å². The quantitative estimate of drug-likeness (QED) is 0.309. The van der Waals surface area contributed by atoms with Crippen molar-refractivity contribution in [3.8, 4) is 5.00 Å². The molecule has 8 nitrogen and oxygen atoms in total. The summed E-state index contributed by atoms with van der Waals surface area (Å²) in [6.45, 7) is 6.83. The van der Waals surface area contributed by atoms with E-state index in [2.05, 4.69) is 44.7 Å². The van der Waals surface area contributed by atoms with Gasteiger partial charge in [0, 0.05) is 67.6 Å². The second kappa shape index (κ2) is 12.5. The maximum absolute atomic E-state index is 13.2. The van der Waals surface area contributed by atoms with Gasteiger partial charge in [-0.15, -0.1) is 22.7 Å². The number of urea groups is 1. The molecule has 38 heavy (non-hydrogen) atoms. The van der Waals surface area contributed by atoms with Crippen LogP contribution in [0.1, 0.15) is 63.0 Å². The predicted octanol–water partition coefficient (Wildman–Crippen LogP) is 4.95. The van der Waals surface area contributed by atoms with E-state index in [4.69, 9.17) is 4.74 Å². The molecule has 0 aromatic carbocycles. The Bertz CT molecular complexity index is 1260. The molecular weight excluding hydrogens is 518 g/mol. The van der Waals surface area contributed by atoms with Crippen LogP contribution in [0.15, 0.2) is 24.5 Å². The molecule has 0 atom stereocenters. The van der Waals surface area contributed by atoms with Crippen molar-refractivity contribution in [3.05, 3.63) is 56.5 Å². The Morgan fingerprint density at radius 2 is 1.84 bits per heavy atom. The molecule has 0 radical (unpaired) electrons. The van der Waals surface area contributed by atoms with Gasteiger partial charge in [-0.1, -0.05) is 6.92 Å². The number of aromatic nitrogens is 1. The van der Waals surface area contributed by atoms with Gasteiger partial charge in [-0.2, -0.15) is 0 Å². The molecule has 1 aliphatic heterocycles. The lowest BCUT2D eigenvalue weighted by Gasteiger charge is -2.25. The van der Waals surface area contributed by atoms with Crippen LogP contribution in [0.4, 0.5) is 9.80 Å². The molecule has 3 aromatic rings. The lowest BCUT2D eigenvalue weighted by atomic mass is 9.95. The third kappa shape index (κ3) is 5.83. The molecular formula is C28H37N5O3S2. The molecule has 0 fully saturated rings. The van der Waals surface area contributed by atoms with Crippen molar-refractivity contribution >= 4 is 39.6 Å². The first-order chi connectivity index (χ1) is 18.6. The average molecular weight is 556 g/mol. The average Bonchev–Trinajstić information content (AvgIpc) is 3.66. The Morgan fingerprint density at radius 3 is 2.63 bits per heavy atom. The number of hydrogen-bond donors (Lipinski definition) is 3. The number of likely N-dealkylation sites (N-methyl/N-ethyl adjacent to an activating group) is 1. The van der Waals surface area contributed by atoms with Crippen molar-refractivity contribution in [2.24, 2.45) is 0 Å². The monoisotopic (exact) mass is 555 g/mol. The van der Waals surface area contributed by atoms with E-state index in [0.717, 1.165) is 63.7 Å². The number of carbonyl (C=O) groups is 2. The number of fused-ring (bicyclic) bond motifs is 2. The van der Waals surface area contributed by atoms with Crippen LogP contribution >= 0.6 is 22.7 Å². The van der Waals surface area contributed by atoms with Crippen LogP contribution in [-0.2, 0) is 37.1 Å². The Balaban J connectivity index is 1.32. The summed E-state index contributed by atoms with van der Waals surface area (Å²) in [4.78, 5) is 31.4. The molecule has 5 rings (SSSR count). The number of methoxy groups -OCH3 is 1. The molecule has 2 aliphatic rings. The summed E-state index contributed by atoms with van der Waals surface area (Å²) in [6, 6.07) is 3.78. The third-order valence-electron chi connectivity index (χ3n) is 7.37. The van der Waals surface area contributed by atoms with Gasteiger partial charge in [0.15, 0.2) is 0 Å². The number of amides is 3. The number of nitrogens with one attached hydrogen (secondary N) is 3. The fourth-order valence-electron chi connectivity index (χ4n) is 5.35. The first-order valence-electron chi connectivity index (χ1n) is 13.5. The summed E-state index contributed by atoms with van der Waals surface area (Å²) in [7, 11) is 1.66. The number of anilines is 1. The second-order valence-electron chi connectivity index (χ2n) is 9.82. The van der Waals surface area contributed by atoms with E-state index in [1.165, 1.54) is 25.9 Å². The zero-order chi connectivity index (χ0) is 26.5. The van der Waals surface area contributed by atoms with Gasteiger partial charge < -0.3 is 19.9 Å². The maximum atomic E-state index is 13.2. The molecule has 3 aromatic heterocycles. The van der Waals surface area contributed by atoms with Gasteiger partial charge in [0.1, 0.15) is 10.0 Å². The minimum Gasteiger partial charge on any atom is -0.385 e. The molecule has 3 N–H and O–H groups in total. The first-order valence-corrected chi connectivity index (χ1v) is 15.2. The highest BCUT2D eigenvalue weighted by atomic mass is 32.1. The van der Waals surface area contributed by atoms with Gasteiger partial charge in [-0.05, 0) is 68.3 Å². The molecule has 10 heteroatoms. The van der Waals surface area contributed by atoms with E-state index >= 15 is 0 Å². The summed E-state index contributed by atoms with van der Waals surface area (Å²) in [5.41, 5.74) is 4.29. The minimum absolute atomic E-state index is 0.113. The zero-order valence-electron chi connectivity index (χ0n) is 22.2. The van der Waals surface area contributed by atoms with E-state index < -0.39 is 0 Å². The van der Waals surface area contributed by atoms with Gasteiger partial charge in [0.05, 0.1) is 5.56 Å². The van der Waals surface area contributed by atoms with Crippen LogP contribution in [0.2, 0.25) is 0 Å². The summed E-state index contributed by atoms with van der Waals surface area (Å²) in [6.07, 6.45) is 9.90. The number of aryl methyl sites for hydroxylation is 1. The van der Waals surface area contributed by atoms with E-state index in [-0.39, 0.29) is 11.9 Å². The highest BCUT2D eigenvalue weighted by Gasteiger charge is 2.27. The standard InChI is InChI=1S/C28H37N5O3S2/c1-3-32-15-11-19-21(27(38-23(19)18-32)33-13-6-7-14-33)17-30-28(35)31-26-24(25(34)29-12-8-16-36-2)20-9-4-5-10-22(20)37-26/h6-7,13-14H,3-5,8-12,15-18H2,1-2H3,(H,29,34)(H2,30,31,35). The Hall–Kier alpha value is -2.66. The number of carbonyl (C=O) groups excluding carboxylic acids is 2. The molecule has 0 spiro atoms. The molecule has 4 heterocycles. The summed E-state index contributed by atoms with van der Waals surface area (Å²) < 4.78 is 7.25. The molecule has 0 bridgehead atoms. The second-order valence-corrected chi connectivity index (χ2v) is 12.0. The summed E-state index contributed by atoms with van der Waals surface area (Å²) in [5.74, 6) is -0.113. The van der Waals surface area contributed by atoms with Crippen LogP contribution in [0.3, 0.4) is 0 Å². The normalized spacial score (nSPS) is 15.1. The highest BCUT2D eigenvalue weighted by Crippen LogP contribution is 2.39. The van der Waals surface area contributed by atoms with Crippen LogP contribution in [0.5, 0.6) is 0 Å². The number of hydrogen-bond acceptors (Lipinski definition) is 6. The van der Waals surface area contributed by atoms with Crippen LogP contribution in [0, 0.1) is 0 Å². The largest absolute Gasteiger partial charge is 0.385 e. The lowest BCUT2D eigenvalue weighted by molar-refractivity contribution is 0.0948. The number of ether oxygens (including phenoxy) is 1. The Morgan fingerprint density at radius 1 is 1.03 bits per heavy atom. The van der Waals surface area contributed by atoms with Gasteiger partial charge >= 0.3 is 6.03 Å². The van der Waals surface area contributed by atoms with Crippen molar-refractivity contribution in [3.63, 3.8) is 0 Å². The van der Waals surface area contributed by atoms with Gasteiger partial charge in [-0.25, -0.2) is 4.79 Å². The number of nitrogens with zero attached hydrogens (tertiary/aromatic N) is 2. The van der Waals surface area contributed by atoms with Crippen LogP contribution in [0.25, 0.3) is 5.00 Å². The Kier molecular flexibility index (Phi) is 8.83. The van der Waals surface area contributed by atoms with Crippen molar-refractivity contribution < 1.29 is 14.3 Å². The van der Waals surface area contributed by atoms with Gasteiger partial charge in [-0.3, -0.25) is 15.0 Å². The molecule has 0 saturated carbocycles. The molecule has 204 valence electrons. The molecule has 3 amide bonds. The van der Waals surface area contributed by atoms with Crippen molar-refractivity contribution in [1.29, 1.82) is 0 Å². The molecule has 0 unspecified atom stereocenters.